The van der Waals surface area contributed by atoms with Crippen LogP contribution in [0.25, 0.3) is 0 Å². The maximum absolute atomic E-state index is 10.5. The standard InChI is InChI=1S/C10H16N2O8.Zr/c13-7(14)3-11(4-8(15)16)1-2-12(5-9(17)18)6-10(19)20;/h3,13-14H,1-2,4-6H2,(H,15,16)(H,17,18)(H,19,20);/q;+4/p-4. The van der Waals surface area contributed by atoms with Gasteiger partial charge in [-0.3, -0.25) is 4.90 Å². The van der Waals surface area contributed by atoms with E-state index in [0.29, 0.717) is 6.20 Å². The van der Waals surface area contributed by atoms with E-state index in [1.54, 1.807) is 0 Å². The Hall–Kier alpha value is -1.61. The Bertz CT molecular complexity index is 381. The average molecular weight is 379 g/mol. The molecule has 0 aliphatic rings. The number of aliphatic carboxylic acids is 3. The summed E-state index contributed by atoms with van der Waals surface area (Å²) >= 11 is 0. The third kappa shape index (κ3) is 13.1. The Kier molecular flexibility index (Phi) is 11.5. The summed E-state index contributed by atoms with van der Waals surface area (Å²) in [5, 5.41) is 50.2. The fourth-order valence-corrected chi connectivity index (χ4v) is 1.36. The van der Waals surface area contributed by atoms with E-state index >= 15 is 0 Å². The van der Waals surface area contributed by atoms with Crippen molar-refractivity contribution in [2.45, 2.75) is 0 Å². The number of aliphatic hydroxyl groups is 1. The van der Waals surface area contributed by atoms with Crippen molar-refractivity contribution in [3.05, 3.63) is 12.1 Å². The zero-order valence-electron chi connectivity index (χ0n) is 10.8. The minimum atomic E-state index is -1.53. The molecule has 0 aromatic carbocycles. The quantitative estimate of drug-likeness (QED) is 0.360. The van der Waals surface area contributed by atoms with Crippen LogP contribution in [0.2, 0.25) is 0 Å². The van der Waals surface area contributed by atoms with Crippen molar-refractivity contribution in [3.63, 3.8) is 0 Å². The topological polar surface area (TPSA) is 170 Å². The van der Waals surface area contributed by atoms with Gasteiger partial charge < -0.3 is 44.8 Å². The number of hydrogen-bond donors (Lipinski definition) is 1. The third-order valence-electron chi connectivity index (χ3n) is 2.03. The number of carbonyl (C=O) groups is 3. The van der Waals surface area contributed by atoms with Crippen molar-refractivity contribution < 1.29 is 66.1 Å². The van der Waals surface area contributed by atoms with Crippen molar-refractivity contribution in [2.75, 3.05) is 32.7 Å². The summed E-state index contributed by atoms with van der Waals surface area (Å²) in [4.78, 5) is 33.0. The monoisotopic (exact) mass is 378 g/mol. The molecule has 0 radical (unpaired) electrons. The van der Waals surface area contributed by atoms with Crippen LogP contribution in [0.5, 0.6) is 0 Å². The molecule has 0 saturated heterocycles. The number of hydrogen-bond acceptors (Lipinski definition) is 10. The number of aliphatic hydroxyl groups excluding tert-OH is 1. The average Bonchev–Trinajstić information content (AvgIpc) is 2.22. The maximum Gasteiger partial charge on any atom is 4.00 e. The van der Waals surface area contributed by atoms with E-state index < -0.39 is 43.5 Å². The summed E-state index contributed by atoms with van der Waals surface area (Å²) in [5.41, 5.74) is 0. The molecule has 0 rings (SSSR count). The van der Waals surface area contributed by atoms with Gasteiger partial charge in [-0.2, -0.15) is 0 Å². The Balaban J connectivity index is 0. The van der Waals surface area contributed by atoms with E-state index in [9.17, 15) is 34.8 Å². The number of carbonyl (C=O) groups excluding carboxylic acids is 3. The molecule has 11 heteroatoms. The molecule has 114 valence electrons. The summed E-state index contributed by atoms with van der Waals surface area (Å²) in [7, 11) is 0. The fraction of sp³-hybridized carbons (Fsp3) is 0.500. The first-order chi connectivity index (χ1) is 9.20. The largest absolute Gasteiger partial charge is 4.00 e. The van der Waals surface area contributed by atoms with Gasteiger partial charge in [0.2, 0.25) is 0 Å². The van der Waals surface area contributed by atoms with Crippen LogP contribution in [0.4, 0.5) is 0 Å². The van der Waals surface area contributed by atoms with Crippen molar-refractivity contribution in [1.29, 1.82) is 0 Å². The molecule has 21 heavy (non-hydrogen) atoms. The first kappa shape index (κ1) is 21.7. The van der Waals surface area contributed by atoms with Crippen LogP contribution in [-0.2, 0) is 40.6 Å². The normalized spacial score (nSPS) is 10.8. The Morgan fingerprint density at radius 3 is 1.62 bits per heavy atom. The van der Waals surface area contributed by atoms with Gasteiger partial charge in [0.1, 0.15) is 0 Å². The number of rotatable bonds is 10. The summed E-state index contributed by atoms with van der Waals surface area (Å²) in [6.07, 6.45) is 0.575. The van der Waals surface area contributed by atoms with Crippen molar-refractivity contribution in [3.8, 4) is 0 Å². The first-order valence-corrected chi connectivity index (χ1v) is 5.34. The van der Waals surface area contributed by atoms with Crippen LogP contribution >= 0.6 is 0 Å². The van der Waals surface area contributed by atoms with E-state index in [0.717, 1.165) is 9.80 Å². The second kappa shape index (κ2) is 11.1. The minimum absolute atomic E-state index is 0. The Labute approximate surface area is 139 Å². The Morgan fingerprint density at radius 1 is 0.857 bits per heavy atom. The second-order valence-corrected chi connectivity index (χ2v) is 3.76. The molecule has 0 aromatic rings. The second-order valence-electron chi connectivity index (χ2n) is 3.76. The van der Waals surface area contributed by atoms with Crippen LogP contribution < -0.4 is 20.4 Å². The van der Waals surface area contributed by atoms with Crippen molar-refractivity contribution in [2.24, 2.45) is 0 Å². The summed E-state index contributed by atoms with van der Waals surface area (Å²) in [5.74, 6) is -5.99. The molecule has 1 N–H and O–H groups in total. The molecular weight excluding hydrogens is 367 g/mol. The molecule has 0 aliphatic carbocycles. The molecule has 0 aromatic heterocycles. The summed E-state index contributed by atoms with van der Waals surface area (Å²) < 4.78 is 0. The predicted octanol–water partition coefficient (Wildman–Crippen LogP) is -6.45. The summed E-state index contributed by atoms with van der Waals surface area (Å²) in [6.45, 7) is -2.57. The van der Waals surface area contributed by atoms with Gasteiger partial charge in [-0.1, -0.05) is 0 Å². The van der Waals surface area contributed by atoms with Gasteiger partial charge in [-0.15, -0.1) is 0 Å². The number of carboxylic acids is 3. The first-order valence-electron chi connectivity index (χ1n) is 5.34. The van der Waals surface area contributed by atoms with Gasteiger partial charge in [-0.25, -0.2) is 0 Å². The van der Waals surface area contributed by atoms with E-state index in [4.69, 9.17) is 5.11 Å². The van der Waals surface area contributed by atoms with Crippen LogP contribution in [-0.4, -0.2) is 65.5 Å². The molecule has 0 saturated carbocycles. The zero-order chi connectivity index (χ0) is 15.7. The van der Waals surface area contributed by atoms with Gasteiger partial charge in [0.25, 0.3) is 0 Å². The van der Waals surface area contributed by atoms with E-state index in [-0.39, 0.29) is 39.3 Å². The molecule has 10 nitrogen and oxygen atoms in total. The molecule has 0 amide bonds. The molecular formula is C10H12N2O8Zr. The van der Waals surface area contributed by atoms with E-state index in [1.807, 2.05) is 0 Å². The molecule has 0 bridgehead atoms. The van der Waals surface area contributed by atoms with E-state index in [1.165, 1.54) is 0 Å². The van der Waals surface area contributed by atoms with Gasteiger partial charge in [0.05, 0.1) is 30.4 Å². The predicted molar refractivity (Wildman–Crippen MR) is 53.7 cm³/mol. The Morgan fingerprint density at radius 2 is 1.29 bits per heavy atom. The van der Waals surface area contributed by atoms with Gasteiger partial charge in [0, 0.05) is 32.4 Å². The summed E-state index contributed by atoms with van der Waals surface area (Å²) in [6, 6.07) is 0. The van der Waals surface area contributed by atoms with Crippen molar-refractivity contribution >= 4 is 17.9 Å². The molecule has 0 aliphatic heterocycles. The molecule has 0 unspecified atom stereocenters. The zero-order valence-corrected chi connectivity index (χ0v) is 13.3. The number of nitrogens with zero attached hydrogens (tertiary/aromatic N) is 2. The number of carboxylic acid groups (broad SMARTS) is 3. The molecule has 0 fully saturated rings. The van der Waals surface area contributed by atoms with Gasteiger partial charge in [0.15, 0.2) is 0 Å². The SMILES string of the molecule is O=C([O-])CN(/C=C(/[O-])O)CCN(CC(=O)[O-])CC(=O)[O-].[Zr+4]. The van der Waals surface area contributed by atoms with Gasteiger partial charge in [-0.05, 0) is 0 Å². The van der Waals surface area contributed by atoms with Crippen LogP contribution in [0, 0.1) is 0 Å². The molecule has 0 spiro atoms. The smallest absolute Gasteiger partial charge is 0.628 e. The van der Waals surface area contributed by atoms with E-state index in [2.05, 4.69) is 0 Å². The van der Waals surface area contributed by atoms with Crippen molar-refractivity contribution in [1.82, 2.24) is 9.80 Å². The van der Waals surface area contributed by atoms with Crippen LogP contribution in [0.1, 0.15) is 0 Å². The third-order valence-corrected chi connectivity index (χ3v) is 2.03. The van der Waals surface area contributed by atoms with Crippen LogP contribution in [0.15, 0.2) is 12.1 Å². The molecule has 0 atom stereocenters. The maximum atomic E-state index is 10.5. The van der Waals surface area contributed by atoms with Gasteiger partial charge >= 0.3 is 26.2 Å². The minimum Gasteiger partial charge on any atom is -0.628 e. The fourth-order valence-electron chi connectivity index (χ4n) is 1.36. The molecule has 0 heterocycles. The van der Waals surface area contributed by atoms with Crippen LogP contribution in [0.3, 0.4) is 0 Å².